The topological polar surface area (TPSA) is 149 Å². The van der Waals surface area contributed by atoms with Gasteiger partial charge in [0.05, 0.1) is 37.0 Å². The van der Waals surface area contributed by atoms with E-state index in [1.165, 1.54) is 10.4 Å². The fourth-order valence-electron chi connectivity index (χ4n) is 8.68. The van der Waals surface area contributed by atoms with Gasteiger partial charge in [-0.1, -0.05) is 87.5 Å². The van der Waals surface area contributed by atoms with Crippen LogP contribution in [-0.2, 0) is 27.5 Å². The lowest BCUT2D eigenvalue weighted by Gasteiger charge is -2.43. The van der Waals surface area contributed by atoms with Crippen LogP contribution in [0.25, 0.3) is 44.3 Å². The lowest BCUT2D eigenvalue weighted by atomic mass is 10.0. The van der Waals surface area contributed by atoms with Crippen LogP contribution < -0.4 is 20.4 Å². The molecule has 0 saturated carbocycles. The molecule has 15 heteroatoms. The molecule has 7 aromatic rings. The van der Waals surface area contributed by atoms with Crippen molar-refractivity contribution in [3.8, 4) is 28.3 Å². The molecule has 1 amide bonds. The number of aromatic nitrogens is 7. The fourth-order valence-corrected chi connectivity index (χ4v) is 13.2. The molecule has 8 rings (SSSR count). The van der Waals surface area contributed by atoms with Gasteiger partial charge in [-0.15, -0.1) is 0 Å². The minimum Gasteiger partial charge on any atom is -0.472 e. The molecule has 0 bridgehead atoms. The Labute approximate surface area is 375 Å². The van der Waals surface area contributed by atoms with Crippen LogP contribution in [0, 0.1) is 0 Å². The Morgan fingerprint density at radius 1 is 0.922 bits per heavy atom. The Balaban J connectivity index is 1.12. The van der Waals surface area contributed by atoms with E-state index in [1.807, 2.05) is 75.8 Å². The van der Waals surface area contributed by atoms with Crippen LogP contribution in [0.2, 0.25) is 5.04 Å². The van der Waals surface area contributed by atoms with Gasteiger partial charge in [-0.2, -0.15) is 15.3 Å². The van der Waals surface area contributed by atoms with E-state index >= 15 is 0 Å². The third kappa shape index (κ3) is 8.97. The third-order valence-corrected chi connectivity index (χ3v) is 16.7. The highest BCUT2D eigenvalue weighted by atomic mass is 28.4. The molecular formula is C49H58N8O6Si. The second-order valence-corrected chi connectivity index (χ2v) is 22.8. The minimum atomic E-state index is -2.81. The molecule has 0 radical (unpaired) electrons. The summed E-state index contributed by atoms with van der Waals surface area (Å²) in [5.74, 6) is 0.521. The smallest absolute Gasteiger partial charge is 0.407 e. The SMILES string of the molecule is C[C@@H](CNC(=O)OC(C)(C)C)Oc1c(-c2cnc3c(c2)c(-c2ccc4nn(CCO[Si](c5ccccc5)(c5ccccc5)C(C)(C)C)c(C=O)c4c2)nn3C2CCCCO2)cnn1C. The van der Waals surface area contributed by atoms with Crippen molar-refractivity contribution in [3.05, 3.63) is 103 Å². The normalized spacial score (nSPS) is 15.3. The second-order valence-electron chi connectivity index (χ2n) is 18.5. The van der Waals surface area contributed by atoms with E-state index in [4.69, 9.17) is 33.8 Å². The van der Waals surface area contributed by atoms with Gasteiger partial charge in [-0.25, -0.2) is 19.1 Å². The number of fused-ring (bicyclic) bond motifs is 2. The van der Waals surface area contributed by atoms with E-state index in [0.717, 1.165) is 53.0 Å². The first-order chi connectivity index (χ1) is 30.7. The van der Waals surface area contributed by atoms with Gasteiger partial charge in [0.15, 0.2) is 18.2 Å². The van der Waals surface area contributed by atoms with Gasteiger partial charge < -0.3 is 24.0 Å². The number of carbonyl (C=O) groups is 2. The number of rotatable bonds is 14. The first-order valence-corrected chi connectivity index (χ1v) is 23.9. The molecule has 5 heterocycles. The van der Waals surface area contributed by atoms with Crippen molar-refractivity contribution >= 4 is 53.0 Å². The zero-order valence-corrected chi connectivity index (χ0v) is 39.0. The van der Waals surface area contributed by atoms with Crippen molar-refractivity contribution in [3.63, 3.8) is 0 Å². The maximum absolute atomic E-state index is 13.0. The van der Waals surface area contributed by atoms with Gasteiger partial charge in [0.25, 0.3) is 8.32 Å². The maximum Gasteiger partial charge on any atom is 0.407 e. The molecule has 3 aromatic carbocycles. The van der Waals surface area contributed by atoms with E-state index in [-0.39, 0.29) is 17.8 Å². The van der Waals surface area contributed by atoms with Gasteiger partial charge in [0.2, 0.25) is 5.88 Å². The molecule has 1 N–H and O–H groups in total. The zero-order valence-electron chi connectivity index (χ0n) is 38.0. The first-order valence-electron chi connectivity index (χ1n) is 22.0. The van der Waals surface area contributed by atoms with Gasteiger partial charge in [-0.05, 0) is 80.6 Å². The Bertz CT molecular complexity index is 2710. The van der Waals surface area contributed by atoms with Gasteiger partial charge in [-0.3, -0.25) is 9.48 Å². The highest BCUT2D eigenvalue weighted by molar-refractivity contribution is 6.99. The first kappa shape index (κ1) is 44.4. The summed E-state index contributed by atoms with van der Waals surface area (Å²) >= 11 is 0. The van der Waals surface area contributed by atoms with Crippen molar-refractivity contribution in [2.75, 3.05) is 19.8 Å². The molecule has 2 atom stereocenters. The lowest BCUT2D eigenvalue weighted by molar-refractivity contribution is -0.0368. The van der Waals surface area contributed by atoms with Gasteiger partial charge >= 0.3 is 6.09 Å². The van der Waals surface area contributed by atoms with Crippen LogP contribution in [0.3, 0.4) is 0 Å². The summed E-state index contributed by atoms with van der Waals surface area (Å²) in [4.78, 5) is 30.3. The van der Waals surface area contributed by atoms with Crippen molar-refractivity contribution in [1.82, 2.24) is 39.6 Å². The Hall–Kier alpha value is -6.16. The van der Waals surface area contributed by atoms with Crippen LogP contribution in [0.4, 0.5) is 4.79 Å². The zero-order chi connectivity index (χ0) is 45.2. The van der Waals surface area contributed by atoms with Gasteiger partial charge in [0.1, 0.15) is 23.1 Å². The van der Waals surface area contributed by atoms with Crippen molar-refractivity contribution in [2.24, 2.45) is 7.05 Å². The highest BCUT2D eigenvalue weighted by Crippen LogP contribution is 2.39. The monoisotopic (exact) mass is 882 g/mol. The number of pyridine rings is 1. The van der Waals surface area contributed by atoms with Crippen LogP contribution in [0.5, 0.6) is 5.88 Å². The Morgan fingerprint density at radius 3 is 2.27 bits per heavy atom. The van der Waals surface area contributed by atoms with Crippen molar-refractivity contribution < 1.29 is 28.2 Å². The van der Waals surface area contributed by atoms with E-state index in [1.54, 1.807) is 21.8 Å². The summed E-state index contributed by atoms with van der Waals surface area (Å²) in [6.45, 7) is 15.7. The number of hydrogen-bond donors (Lipinski definition) is 1. The largest absolute Gasteiger partial charge is 0.472 e. The fraction of sp³-hybridized carbons (Fsp3) is 0.388. The predicted octanol–water partition coefficient (Wildman–Crippen LogP) is 8.23. The number of aryl methyl sites for hydroxylation is 1. The Morgan fingerprint density at radius 2 is 1.62 bits per heavy atom. The number of amides is 1. The van der Waals surface area contributed by atoms with E-state index in [9.17, 15) is 9.59 Å². The molecule has 0 aliphatic carbocycles. The van der Waals surface area contributed by atoms with Crippen molar-refractivity contribution in [1.29, 1.82) is 0 Å². The number of benzene rings is 3. The molecule has 1 aliphatic rings. The number of nitrogens with one attached hydrogen (secondary N) is 1. The van der Waals surface area contributed by atoms with Gasteiger partial charge in [0, 0.05) is 41.8 Å². The summed E-state index contributed by atoms with van der Waals surface area (Å²) in [5, 5.41) is 21.1. The molecule has 1 aliphatic heterocycles. The third-order valence-electron chi connectivity index (χ3n) is 11.6. The second kappa shape index (κ2) is 18.1. The molecule has 4 aromatic heterocycles. The molecule has 64 heavy (non-hydrogen) atoms. The number of aldehydes is 1. The number of carbonyl (C=O) groups excluding carboxylic acids is 2. The summed E-state index contributed by atoms with van der Waals surface area (Å²) in [6.07, 6.45) is 6.06. The van der Waals surface area contributed by atoms with Crippen LogP contribution in [-0.4, -0.2) is 86.5 Å². The number of ether oxygens (including phenoxy) is 3. The summed E-state index contributed by atoms with van der Waals surface area (Å²) in [6, 6.07) is 29.0. The van der Waals surface area contributed by atoms with Crippen LogP contribution >= 0.6 is 0 Å². The summed E-state index contributed by atoms with van der Waals surface area (Å²) < 4.78 is 30.5. The van der Waals surface area contributed by atoms with E-state index < -0.39 is 26.1 Å². The molecule has 14 nitrogen and oxygen atoms in total. The average molecular weight is 883 g/mol. The molecule has 1 unspecified atom stereocenters. The van der Waals surface area contributed by atoms with Crippen LogP contribution in [0.15, 0.2) is 97.3 Å². The molecule has 0 spiro atoms. The Kier molecular flexibility index (Phi) is 12.6. The van der Waals surface area contributed by atoms with Crippen molar-refractivity contribution in [2.45, 2.75) is 97.2 Å². The van der Waals surface area contributed by atoms with Crippen LogP contribution in [0.1, 0.15) is 84.4 Å². The molecule has 334 valence electrons. The molecule has 1 fully saturated rings. The quantitative estimate of drug-likeness (QED) is 0.0837. The number of hydrogen-bond acceptors (Lipinski definition) is 10. The minimum absolute atomic E-state index is 0.193. The maximum atomic E-state index is 13.0. The predicted molar refractivity (Wildman–Crippen MR) is 251 cm³/mol. The lowest BCUT2D eigenvalue weighted by Crippen LogP contribution is -2.66. The standard InChI is InChI=1S/C49H58N8O6Si/c1-33(29-51-47(59)63-48(2,3)4)62-46-40(31-52-55(46)8)35-28-39-44(54-57(45(39)50-30-35)43-21-15-16-25-60-43)34-22-23-41-38(27-34)42(32-58)56(53-41)24-26-61-64(49(5,6)7,36-17-11-9-12-18-36)37-19-13-10-14-20-37/h9-14,17-20,22-23,27-28,30-33,43H,15-16,21,24-26,29H2,1-8H3,(H,51,59)/t33-,43?/m0/s1. The van der Waals surface area contributed by atoms with E-state index in [2.05, 4.69) is 79.7 Å². The average Bonchev–Trinajstić information content (AvgIpc) is 3.96. The molecule has 1 saturated heterocycles. The summed E-state index contributed by atoms with van der Waals surface area (Å²) in [5.41, 5.74) is 4.24. The number of nitrogens with zero attached hydrogens (tertiary/aromatic N) is 7. The number of alkyl carbamates (subject to hydrolysis) is 1. The van der Waals surface area contributed by atoms with E-state index in [0.29, 0.717) is 48.2 Å². The highest BCUT2D eigenvalue weighted by Gasteiger charge is 2.50. The molecular weight excluding hydrogens is 825 g/mol. The summed E-state index contributed by atoms with van der Waals surface area (Å²) in [7, 11) is -0.996.